The summed E-state index contributed by atoms with van der Waals surface area (Å²) in [6, 6.07) is 0. The molecular weight excluding hydrogens is 444 g/mol. The van der Waals surface area contributed by atoms with Gasteiger partial charge in [0.2, 0.25) is 0 Å². The van der Waals surface area contributed by atoms with Crippen molar-refractivity contribution in [2.24, 2.45) is 5.41 Å². The van der Waals surface area contributed by atoms with E-state index in [9.17, 15) is 35.1 Å². The first-order chi connectivity index (χ1) is 11.7. The minimum atomic E-state index is -6.35. The molecule has 0 saturated carbocycles. The molecule has 0 atom stereocenters. The number of hydrogen-bond donors (Lipinski definition) is 2. The van der Waals surface area contributed by atoms with E-state index in [4.69, 9.17) is 12.2 Å². The Morgan fingerprint density at radius 2 is 1.11 bits per heavy atom. The molecule has 0 fully saturated rings. The number of halogens is 8. The molecule has 13 heteroatoms. The van der Waals surface area contributed by atoms with Gasteiger partial charge in [-0.15, -0.1) is 25.3 Å². The maximum atomic E-state index is 14.1. The van der Waals surface area contributed by atoms with Gasteiger partial charge in [0.15, 0.2) is 4.77 Å². The summed E-state index contributed by atoms with van der Waals surface area (Å²) in [6.07, 6.45) is 0. The lowest BCUT2D eigenvalue weighted by Gasteiger charge is -2.35. The van der Waals surface area contributed by atoms with Gasteiger partial charge in [-0.05, 0) is 17.6 Å². The third kappa shape index (κ3) is 4.44. The monoisotopic (exact) mass is 462 g/mol. The molecule has 1 aromatic rings. The van der Waals surface area contributed by atoms with Gasteiger partial charge in [0.25, 0.3) is 0 Å². The first kappa shape index (κ1) is 24.6. The molecule has 0 spiro atoms. The third-order valence-electron chi connectivity index (χ3n) is 3.57. The van der Waals surface area contributed by atoms with Crippen LogP contribution in [-0.4, -0.2) is 32.8 Å². The Morgan fingerprint density at radius 3 is 1.44 bits per heavy atom. The van der Waals surface area contributed by atoms with E-state index in [0.717, 1.165) is 0 Å². The Labute approximate surface area is 166 Å². The first-order valence-electron chi connectivity index (χ1n) is 7.40. The summed E-state index contributed by atoms with van der Waals surface area (Å²) in [5.41, 5.74) is -0.425. The molecule has 0 aromatic carbocycles. The Kier molecular flexibility index (Phi) is 6.49. The van der Waals surface area contributed by atoms with Crippen LogP contribution >= 0.6 is 37.5 Å². The van der Waals surface area contributed by atoms with Gasteiger partial charge in [0, 0.05) is 13.5 Å². The molecule has 0 aliphatic rings. The molecule has 0 radical (unpaired) electrons. The van der Waals surface area contributed by atoms with E-state index in [0.29, 0.717) is 4.57 Å². The molecule has 0 amide bonds. The maximum Gasteiger partial charge on any atom is 0.380 e. The Bertz CT molecular complexity index is 756. The summed E-state index contributed by atoms with van der Waals surface area (Å²) < 4.78 is 109. The zero-order chi connectivity index (χ0) is 21.8. The fraction of sp³-hybridized carbons (Fsp3) is 0.786. The van der Waals surface area contributed by atoms with Crippen LogP contribution in [0.15, 0.2) is 10.1 Å². The van der Waals surface area contributed by atoms with E-state index in [1.54, 1.807) is 20.8 Å². The highest BCUT2D eigenvalue weighted by Gasteiger charge is 2.79. The van der Waals surface area contributed by atoms with Crippen LogP contribution in [0.1, 0.15) is 27.7 Å². The van der Waals surface area contributed by atoms with Crippen LogP contribution < -0.4 is 0 Å². The van der Waals surface area contributed by atoms with Crippen molar-refractivity contribution in [1.82, 2.24) is 9.13 Å². The number of hydrogen-bond acceptors (Lipinski definition) is 3. The molecule has 1 aromatic heterocycles. The number of nitrogens with zero attached hydrogens (tertiary/aromatic N) is 2. The number of imidazole rings is 1. The molecule has 0 aliphatic carbocycles. The summed E-state index contributed by atoms with van der Waals surface area (Å²) in [6.45, 7) is 2.81. The molecule has 0 saturated heterocycles. The van der Waals surface area contributed by atoms with E-state index < -0.39 is 47.3 Å². The predicted octanol–water partition coefficient (Wildman–Crippen LogP) is 6.20. The fourth-order valence-corrected chi connectivity index (χ4v) is 3.15. The summed E-state index contributed by atoms with van der Waals surface area (Å²) in [5, 5.41) is -0.431. The van der Waals surface area contributed by atoms with Crippen molar-refractivity contribution in [1.29, 1.82) is 0 Å². The van der Waals surface area contributed by atoms with Crippen LogP contribution in [0.5, 0.6) is 0 Å². The van der Waals surface area contributed by atoms with Crippen LogP contribution in [0.2, 0.25) is 0 Å². The van der Waals surface area contributed by atoms with E-state index in [2.05, 4.69) is 25.3 Å². The molecule has 1 rings (SSSR count). The van der Waals surface area contributed by atoms with Crippen molar-refractivity contribution in [3.63, 3.8) is 0 Å². The van der Waals surface area contributed by atoms with Crippen molar-refractivity contribution in [3.8, 4) is 0 Å². The van der Waals surface area contributed by atoms with E-state index in [1.807, 2.05) is 0 Å². The zero-order valence-electron chi connectivity index (χ0n) is 14.6. The molecule has 0 unspecified atom stereocenters. The minimum Gasteiger partial charge on any atom is -0.311 e. The van der Waals surface area contributed by atoms with Gasteiger partial charge >= 0.3 is 23.7 Å². The second kappa shape index (κ2) is 7.12. The summed E-state index contributed by atoms with van der Waals surface area (Å²) in [4.78, 5) is 0. The summed E-state index contributed by atoms with van der Waals surface area (Å²) >= 11 is 12.9. The number of rotatable bonds is 6. The van der Waals surface area contributed by atoms with Crippen LogP contribution in [0, 0.1) is 10.2 Å². The van der Waals surface area contributed by atoms with Gasteiger partial charge in [-0.2, -0.15) is 35.1 Å². The molecular formula is C14H18F8N2S3. The highest BCUT2D eigenvalue weighted by molar-refractivity contribution is 7.83. The van der Waals surface area contributed by atoms with Crippen molar-refractivity contribution in [3.05, 3.63) is 4.77 Å². The number of thiol groups is 2. The SMILES string of the molecule is CC(C)(C)Cn1c(S)c(S)n(CC(F)(F)C(F)(F)C(F)(F)C(C)(F)F)c1=S. The summed E-state index contributed by atoms with van der Waals surface area (Å²) in [7, 11) is 0. The lowest BCUT2D eigenvalue weighted by Crippen LogP contribution is -2.62. The second-order valence-electron chi connectivity index (χ2n) is 7.40. The molecule has 158 valence electrons. The topological polar surface area (TPSA) is 9.86 Å². The van der Waals surface area contributed by atoms with E-state index in [-0.39, 0.29) is 16.6 Å². The van der Waals surface area contributed by atoms with Gasteiger partial charge in [0.1, 0.15) is 10.1 Å². The second-order valence-corrected chi connectivity index (χ2v) is 8.62. The van der Waals surface area contributed by atoms with Gasteiger partial charge in [0.05, 0.1) is 6.54 Å². The lowest BCUT2D eigenvalue weighted by molar-refractivity contribution is -0.364. The normalized spacial score (nSPS) is 14.7. The van der Waals surface area contributed by atoms with Crippen molar-refractivity contribution in [2.45, 2.75) is 74.5 Å². The predicted molar refractivity (Wildman–Crippen MR) is 92.7 cm³/mol. The molecule has 2 nitrogen and oxygen atoms in total. The van der Waals surface area contributed by atoms with Gasteiger partial charge in [-0.1, -0.05) is 20.8 Å². The van der Waals surface area contributed by atoms with Gasteiger partial charge < -0.3 is 9.13 Å². The average Bonchev–Trinajstić information content (AvgIpc) is 2.62. The van der Waals surface area contributed by atoms with Crippen molar-refractivity contribution < 1.29 is 35.1 Å². The number of aromatic nitrogens is 2. The molecule has 0 bridgehead atoms. The first-order valence-corrected chi connectivity index (χ1v) is 8.70. The van der Waals surface area contributed by atoms with Crippen molar-refractivity contribution in [2.75, 3.05) is 0 Å². The van der Waals surface area contributed by atoms with Gasteiger partial charge in [-0.3, -0.25) is 0 Å². The lowest BCUT2D eigenvalue weighted by atomic mass is 9.97. The van der Waals surface area contributed by atoms with Crippen LogP contribution in [0.4, 0.5) is 35.1 Å². The Hall–Kier alpha value is -0.430. The fourth-order valence-electron chi connectivity index (χ4n) is 2.13. The zero-order valence-corrected chi connectivity index (χ0v) is 17.2. The van der Waals surface area contributed by atoms with Crippen molar-refractivity contribution >= 4 is 37.5 Å². The average molecular weight is 462 g/mol. The summed E-state index contributed by atoms with van der Waals surface area (Å²) in [5.74, 6) is -23.6. The molecule has 0 aliphatic heterocycles. The Morgan fingerprint density at radius 1 is 0.741 bits per heavy atom. The Balaban J connectivity index is 3.43. The molecule has 27 heavy (non-hydrogen) atoms. The third-order valence-corrected chi connectivity index (χ3v) is 5.09. The van der Waals surface area contributed by atoms with Crippen LogP contribution in [0.25, 0.3) is 0 Å². The van der Waals surface area contributed by atoms with E-state index in [1.165, 1.54) is 4.57 Å². The van der Waals surface area contributed by atoms with Gasteiger partial charge in [-0.25, -0.2) is 0 Å². The maximum absolute atomic E-state index is 14.1. The number of alkyl halides is 8. The molecule has 0 N–H and O–H groups in total. The van der Waals surface area contributed by atoms with Crippen LogP contribution in [-0.2, 0) is 13.1 Å². The van der Waals surface area contributed by atoms with Crippen LogP contribution in [0.3, 0.4) is 0 Å². The quantitative estimate of drug-likeness (QED) is 0.291. The van der Waals surface area contributed by atoms with E-state index >= 15 is 0 Å². The minimum absolute atomic E-state index is 0.0510. The molecule has 1 heterocycles. The standard InChI is InChI=1S/C14H18F8N2S3/c1-10(2,3)5-23-7(25)8(26)24(9(23)27)6-12(17,18)14(21,22)13(19,20)11(4,15)16/h25-26H,5-6H2,1-4H3. The smallest absolute Gasteiger partial charge is 0.311 e. The highest BCUT2D eigenvalue weighted by atomic mass is 32.1. The largest absolute Gasteiger partial charge is 0.380 e. The highest BCUT2D eigenvalue weighted by Crippen LogP contribution is 2.53.